The molecular formula is C81H92ClF12N3O6Sn. The van der Waals surface area contributed by atoms with Crippen LogP contribution in [0, 0.1) is 17.5 Å². The van der Waals surface area contributed by atoms with Gasteiger partial charge in [0, 0.05) is 72.0 Å². The van der Waals surface area contributed by atoms with E-state index in [-0.39, 0.29) is 40.8 Å². The van der Waals surface area contributed by atoms with Gasteiger partial charge in [-0.05, 0) is 150 Å². The van der Waals surface area contributed by atoms with Crippen LogP contribution in [-0.2, 0) is 0 Å². The first-order chi connectivity index (χ1) is 49.0. The number of pyridine rings is 3. The second kappa shape index (κ2) is 41.7. The van der Waals surface area contributed by atoms with Crippen molar-refractivity contribution in [3.63, 3.8) is 0 Å². The molecule has 0 radical (unpaired) electrons. The molecule has 3 aromatic heterocycles. The predicted molar refractivity (Wildman–Crippen MR) is 400 cm³/mol. The molecule has 0 N–H and O–H groups in total. The molecule has 0 aliphatic carbocycles. The van der Waals surface area contributed by atoms with E-state index in [0.717, 1.165) is 53.1 Å². The van der Waals surface area contributed by atoms with Gasteiger partial charge in [-0.25, -0.2) is 13.2 Å². The third-order valence-electron chi connectivity index (χ3n) is 15.7. The molecule has 0 aliphatic heterocycles. The summed E-state index contributed by atoms with van der Waals surface area (Å²) in [6.07, 6.45) is 1.20. The molecule has 0 bridgehead atoms. The van der Waals surface area contributed by atoms with Crippen molar-refractivity contribution in [3.05, 3.63) is 264 Å². The topological polar surface area (TPSA) is 93.7 Å². The van der Waals surface area contributed by atoms with Gasteiger partial charge in [0.15, 0.2) is 0 Å². The number of nitrogens with zero attached hydrogens (tertiary/aromatic N) is 3. The minimum atomic E-state index is -4.80. The summed E-state index contributed by atoms with van der Waals surface area (Å²) in [7, 11) is 0. The Morgan fingerprint density at radius 2 is 0.721 bits per heavy atom. The quantitative estimate of drug-likeness (QED) is 0.0526. The van der Waals surface area contributed by atoms with Gasteiger partial charge in [-0.3, -0.25) is 28.1 Å². The summed E-state index contributed by atoms with van der Waals surface area (Å²) in [4.78, 5) is 37.3. The van der Waals surface area contributed by atoms with Crippen molar-refractivity contribution in [1.82, 2.24) is 13.7 Å². The van der Waals surface area contributed by atoms with E-state index in [4.69, 9.17) is 11.6 Å². The Bertz CT molecular complexity index is 4310. The molecule has 23 heteroatoms. The summed E-state index contributed by atoms with van der Waals surface area (Å²) in [5.41, 5.74) is 5.79. The van der Waals surface area contributed by atoms with E-state index >= 15 is 0 Å². The molecule has 0 saturated carbocycles. The van der Waals surface area contributed by atoms with Crippen LogP contribution in [0.3, 0.4) is 0 Å². The van der Waals surface area contributed by atoms with Gasteiger partial charge in [0.2, 0.25) is 0 Å². The number of benzene rings is 6. The summed E-state index contributed by atoms with van der Waals surface area (Å²) in [5, 5.41) is 0.176. The molecule has 104 heavy (non-hydrogen) atoms. The van der Waals surface area contributed by atoms with Gasteiger partial charge < -0.3 is 14.2 Å². The Morgan fingerprint density at radius 3 is 1.01 bits per heavy atom. The van der Waals surface area contributed by atoms with Gasteiger partial charge >= 0.3 is 127 Å². The van der Waals surface area contributed by atoms with Crippen LogP contribution >= 0.6 is 11.6 Å². The Morgan fingerprint density at radius 1 is 0.442 bits per heavy atom. The smallest absolute Gasteiger partial charge is 0.406 e. The molecule has 0 spiro atoms. The summed E-state index contributed by atoms with van der Waals surface area (Å²) in [6, 6.07) is 36.0. The van der Waals surface area contributed by atoms with Crippen LogP contribution < -0.4 is 30.9 Å². The maximum atomic E-state index is 13.3. The van der Waals surface area contributed by atoms with E-state index in [1.807, 2.05) is 13.8 Å². The summed E-state index contributed by atoms with van der Waals surface area (Å²) < 4.78 is 172. The van der Waals surface area contributed by atoms with Crippen molar-refractivity contribution in [2.75, 3.05) is 0 Å². The molecule has 0 saturated heterocycles. The zero-order valence-corrected chi connectivity index (χ0v) is 63.9. The zero-order valence-electron chi connectivity index (χ0n) is 60.3. The molecule has 0 amide bonds. The first-order valence-corrected chi connectivity index (χ1v) is 42.0. The summed E-state index contributed by atoms with van der Waals surface area (Å²) >= 11 is 4.16. The molecule has 0 fully saturated rings. The number of hydrogen-bond acceptors (Lipinski definition) is 6. The molecule has 0 atom stereocenters. The fraction of sp³-hybridized carbons (Fsp3) is 0.321. The van der Waals surface area contributed by atoms with E-state index in [1.54, 1.807) is 60.5 Å². The molecule has 9 nitrogen and oxygen atoms in total. The van der Waals surface area contributed by atoms with Crippen LogP contribution in [0.1, 0.15) is 146 Å². The average molecular weight is 1590 g/mol. The van der Waals surface area contributed by atoms with Crippen LogP contribution in [0.25, 0.3) is 56.0 Å². The summed E-state index contributed by atoms with van der Waals surface area (Å²) in [6.45, 7) is 31.7. The fourth-order valence-electron chi connectivity index (χ4n) is 10.6. The van der Waals surface area contributed by atoms with Gasteiger partial charge in [0.1, 0.15) is 34.7 Å². The van der Waals surface area contributed by atoms with Crippen molar-refractivity contribution >= 4 is 35.6 Å². The number of ether oxygens (including phenoxy) is 3. The van der Waals surface area contributed by atoms with E-state index in [1.165, 1.54) is 174 Å². The molecule has 9 rings (SSSR count). The fourth-order valence-corrected chi connectivity index (χ4v) is 25.5. The molecule has 0 unspecified atom stereocenters. The number of unbranched alkanes of at least 4 members (excludes halogenated alkanes) is 3. The van der Waals surface area contributed by atoms with Crippen LogP contribution in [0.2, 0.25) is 18.3 Å². The van der Waals surface area contributed by atoms with E-state index in [2.05, 4.69) is 82.8 Å². The van der Waals surface area contributed by atoms with E-state index in [9.17, 15) is 67.1 Å². The molecule has 562 valence electrons. The Balaban J connectivity index is 0.000000359. The van der Waals surface area contributed by atoms with Crippen molar-refractivity contribution in [2.24, 2.45) is 0 Å². The van der Waals surface area contributed by atoms with Crippen LogP contribution in [-0.4, -0.2) is 51.2 Å². The number of rotatable bonds is 21. The number of halogens is 13. The summed E-state index contributed by atoms with van der Waals surface area (Å²) in [5.74, 6) is -2.30. The van der Waals surface area contributed by atoms with E-state index in [0.29, 0.717) is 50.5 Å². The third-order valence-corrected chi connectivity index (χ3v) is 32.4. The maximum Gasteiger partial charge on any atom is 0.573 e. The largest absolute Gasteiger partial charge is 0.573 e. The number of hydrogen-bond donors (Lipinski definition) is 0. The molecule has 6 aromatic carbocycles. The predicted octanol–water partition coefficient (Wildman–Crippen LogP) is 25.5. The van der Waals surface area contributed by atoms with Gasteiger partial charge in [0.05, 0.1) is 5.02 Å². The average Bonchev–Trinajstić information content (AvgIpc) is 0.819. The monoisotopic (exact) mass is 1590 g/mol. The number of alkyl halides is 9. The Labute approximate surface area is 611 Å². The van der Waals surface area contributed by atoms with Gasteiger partial charge in [0.25, 0.3) is 16.7 Å². The maximum absolute atomic E-state index is 13.3. The Hall–Kier alpha value is -8.70. The Kier molecular flexibility index (Phi) is 35.2. The van der Waals surface area contributed by atoms with Crippen LogP contribution in [0.4, 0.5) is 52.7 Å². The SMILES string of the molecule is C=C(C)c1cc(=O)n(-c2ccc(OC(F)(F)F)cc2)cc1-c1ccc(F)cc1.C=[C](C)[Sn]([CH2]CCC)([CH2]CCC)[CH2]CCC.CC(C)c1cc(=O)n(-c2ccc(OC(F)(F)F)cc2)cc1-c1ccc(F)cc1.CCC.CCC.O=c1cc(Cl)c(-c2ccc(F)cc2)cn1-c1ccc(OC(F)(F)F)cc1.[HH]. The van der Waals surface area contributed by atoms with Crippen molar-refractivity contribution in [2.45, 2.75) is 166 Å². The number of aromatic nitrogens is 3. The normalized spacial score (nSPS) is 11.2. The second-order valence-corrected chi connectivity index (χ2v) is 39.2. The third kappa shape index (κ3) is 28.4. The minimum absolute atomic E-state index is 0. The molecule has 3 heterocycles. The van der Waals surface area contributed by atoms with Gasteiger partial charge in [-0.1, -0.05) is 115 Å². The van der Waals surface area contributed by atoms with Gasteiger partial charge in [-0.15, -0.1) is 39.5 Å². The van der Waals surface area contributed by atoms with Crippen molar-refractivity contribution in [3.8, 4) is 67.7 Å². The van der Waals surface area contributed by atoms with Crippen molar-refractivity contribution in [1.29, 1.82) is 0 Å². The van der Waals surface area contributed by atoms with E-state index < -0.39 is 60.4 Å². The van der Waals surface area contributed by atoms with Crippen LogP contribution in [0.5, 0.6) is 17.2 Å². The zero-order chi connectivity index (χ0) is 77.7. The standard InChI is InChI=1S/C21H17F4NO2.C21H15F4NO2.C18H10ClF4NO2.3C4H9.2C3H8.C3H5.Sn.H2/c2*1-13(2)18-11-20(27)26(12-19(18)14-3-5-15(22)6-4-14)16-7-9-17(10-8-16)28-21(23,24)25;19-16-9-17(25)24(10-15(16)11-1-3-12(20)4-2-11)13-5-7-14(8-6-13)26-18(21,22)23;3*1-3-4-2;3*1-3-2;;/h3-13H,1-2H3;3-12H,1H2,2H3;1-10H;3*1,3-4H2,2H3;2*3H2,1-2H3;1H2,2H3;;1H. The first-order valence-electron chi connectivity index (χ1n) is 34.1. The molecule has 0 aliphatic rings. The molecule has 9 aromatic rings. The second-order valence-electron chi connectivity index (χ2n) is 24.8. The van der Waals surface area contributed by atoms with Crippen molar-refractivity contribution < 1.29 is 68.3 Å². The molecular weight excluding hydrogens is 1490 g/mol. The van der Waals surface area contributed by atoms with Crippen LogP contribution in [0.15, 0.2) is 214 Å². The minimum Gasteiger partial charge on any atom is -0.406 e. The first kappa shape index (κ1) is 87.7. The van der Waals surface area contributed by atoms with Gasteiger partial charge in [-0.2, -0.15) is 0 Å². The number of allylic oxidation sites excluding steroid dienone is 2.